The molecular formula is C23H25N3O2S. The molecule has 6 heteroatoms. The van der Waals surface area contributed by atoms with E-state index in [1.807, 2.05) is 61.5 Å². The Labute approximate surface area is 173 Å². The monoisotopic (exact) mass is 407 g/mol. The first kappa shape index (κ1) is 20.4. The molecule has 3 rings (SSSR count). The lowest BCUT2D eigenvalue weighted by molar-refractivity contribution is 0.598. The van der Waals surface area contributed by atoms with E-state index in [9.17, 15) is 8.42 Å². The van der Waals surface area contributed by atoms with E-state index >= 15 is 0 Å². The molecule has 3 aromatic rings. The van der Waals surface area contributed by atoms with Crippen molar-refractivity contribution in [2.24, 2.45) is 10.1 Å². The van der Waals surface area contributed by atoms with Gasteiger partial charge in [-0.1, -0.05) is 78.4 Å². The van der Waals surface area contributed by atoms with Crippen LogP contribution in [0, 0.1) is 6.92 Å². The molecule has 0 aromatic heterocycles. The fraction of sp³-hybridized carbons (Fsp3) is 0.0870. The molecule has 0 saturated heterocycles. The van der Waals surface area contributed by atoms with Crippen molar-refractivity contribution in [1.82, 2.24) is 5.32 Å². The van der Waals surface area contributed by atoms with Gasteiger partial charge < -0.3 is 11.1 Å². The molecule has 0 amide bonds. The Morgan fingerprint density at radius 2 is 1.55 bits per heavy atom. The van der Waals surface area contributed by atoms with Crippen molar-refractivity contribution in [3.8, 4) is 0 Å². The topological polar surface area (TPSA) is 84.5 Å². The summed E-state index contributed by atoms with van der Waals surface area (Å²) < 4.78 is 29.1. The second-order valence-corrected chi connectivity index (χ2v) is 8.16. The van der Waals surface area contributed by atoms with Crippen molar-refractivity contribution in [3.05, 3.63) is 108 Å². The van der Waals surface area contributed by atoms with E-state index in [-0.39, 0.29) is 12.2 Å². The van der Waals surface area contributed by atoms with Crippen LogP contribution in [0.1, 0.15) is 18.1 Å². The first-order chi connectivity index (χ1) is 14.0. The lowest BCUT2D eigenvalue weighted by Gasteiger charge is -2.10. The summed E-state index contributed by atoms with van der Waals surface area (Å²) in [6.07, 6.45) is 1.71. The number of nitrogens with zero attached hydrogens (tertiary/aromatic N) is 1. The number of sulfonamides is 1. The molecular weight excluding hydrogens is 382 g/mol. The van der Waals surface area contributed by atoms with E-state index in [0.29, 0.717) is 12.1 Å². The molecule has 150 valence electrons. The van der Waals surface area contributed by atoms with Crippen molar-refractivity contribution in [2.75, 3.05) is 0 Å². The molecule has 0 aliphatic carbocycles. The fourth-order valence-electron chi connectivity index (χ4n) is 2.73. The molecule has 0 fully saturated rings. The zero-order chi connectivity index (χ0) is 20.7. The first-order valence-electron chi connectivity index (χ1n) is 9.16. The van der Waals surface area contributed by atoms with Crippen LogP contribution in [0.25, 0.3) is 5.57 Å². The predicted molar refractivity (Wildman–Crippen MR) is 120 cm³/mol. The van der Waals surface area contributed by atoms with Crippen LogP contribution >= 0.6 is 0 Å². The van der Waals surface area contributed by atoms with Gasteiger partial charge in [0.05, 0.1) is 4.90 Å². The lowest BCUT2D eigenvalue weighted by Crippen LogP contribution is -2.19. The summed E-state index contributed by atoms with van der Waals surface area (Å²) in [5.41, 5.74) is 9.64. The summed E-state index contributed by atoms with van der Waals surface area (Å²) in [6, 6.07) is 25.6. The van der Waals surface area contributed by atoms with E-state index in [0.717, 1.165) is 16.7 Å². The maximum Gasteiger partial charge on any atom is 0.284 e. The molecule has 3 aromatic carbocycles. The number of benzene rings is 3. The van der Waals surface area contributed by atoms with Crippen molar-refractivity contribution in [1.29, 1.82) is 0 Å². The highest BCUT2D eigenvalue weighted by atomic mass is 32.2. The smallest absolute Gasteiger partial charge is 0.284 e. The normalized spacial score (nSPS) is 12.6. The fourth-order valence-corrected chi connectivity index (χ4v) is 3.69. The van der Waals surface area contributed by atoms with Crippen LogP contribution in [0.2, 0.25) is 0 Å². The van der Waals surface area contributed by atoms with Crippen LogP contribution in [0.15, 0.2) is 100 Å². The third-order valence-electron chi connectivity index (χ3n) is 4.29. The summed E-state index contributed by atoms with van der Waals surface area (Å²) in [6.45, 7) is 2.56. The molecule has 0 heterocycles. The maximum absolute atomic E-state index is 12.6. The Morgan fingerprint density at radius 3 is 2.17 bits per heavy atom. The number of nitrogens with two attached hydrogens (primary N) is 1. The van der Waals surface area contributed by atoms with Crippen LogP contribution in [0.5, 0.6) is 0 Å². The van der Waals surface area contributed by atoms with Gasteiger partial charge in [0.25, 0.3) is 10.0 Å². The molecule has 0 saturated carbocycles. The Morgan fingerprint density at radius 1 is 0.966 bits per heavy atom. The molecule has 5 nitrogen and oxygen atoms in total. The van der Waals surface area contributed by atoms with Gasteiger partial charge in [-0.3, -0.25) is 0 Å². The van der Waals surface area contributed by atoms with Crippen molar-refractivity contribution < 1.29 is 9.84 Å². The Bertz CT molecular complexity index is 1110. The summed E-state index contributed by atoms with van der Waals surface area (Å²) in [4.78, 5) is 0.100. The minimum atomic E-state index is -3.90. The number of amidine groups is 1. The third-order valence-corrected chi connectivity index (χ3v) is 5.60. The van der Waals surface area contributed by atoms with E-state index in [1.165, 1.54) is 12.1 Å². The van der Waals surface area contributed by atoms with E-state index < -0.39 is 10.0 Å². The highest BCUT2D eigenvalue weighted by Crippen LogP contribution is 2.18. The number of hydrogen-bond donors (Lipinski definition) is 2. The van der Waals surface area contributed by atoms with Gasteiger partial charge in [0, 0.05) is 19.7 Å². The van der Waals surface area contributed by atoms with Crippen LogP contribution in [0.4, 0.5) is 0 Å². The van der Waals surface area contributed by atoms with Gasteiger partial charge >= 0.3 is 0 Å². The number of nitrogens with one attached hydrogen (secondary N) is 1. The van der Waals surface area contributed by atoms with Gasteiger partial charge in [0.15, 0.2) is 0 Å². The van der Waals surface area contributed by atoms with E-state index in [4.69, 9.17) is 5.73 Å². The third kappa shape index (κ3) is 5.56. The van der Waals surface area contributed by atoms with Crippen molar-refractivity contribution in [2.45, 2.75) is 18.4 Å². The predicted octanol–water partition coefficient (Wildman–Crippen LogP) is 4.12. The van der Waals surface area contributed by atoms with Crippen LogP contribution < -0.4 is 11.1 Å². The van der Waals surface area contributed by atoms with Crippen LogP contribution in [-0.4, -0.2) is 14.3 Å². The second-order valence-electron chi connectivity index (χ2n) is 6.56. The van der Waals surface area contributed by atoms with E-state index in [2.05, 4.69) is 9.71 Å². The van der Waals surface area contributed by atoms with Crippen LogP contribution in [0.3, 0.4) is 0 Å². The minimum Gasteiger partial charge on any atom is -0.386 e. The molecule has 0 aliphatic rings. The van der Waals surface area contributed by atoms with E-state index in [1.54, 1.807) is 24.4 Å². The molecule has 29 heavy (non-hydrogen) atoms. The highest BCUT2D eigenvalue weighted by molar-refractivity contribution is 7.90. The first-order valence-corrected chi connectivity index (χ1v) is 10.6. The number of hydrogen-bond acceptors (Lipinski definition) is 3. The quantitative estimate of drug-likeness (QED) is 0.456. The summed E-state index contributed by atoms with van der Waals surface area (Å²) in [7, 11) is -3.90. The van der Waals surface area contributed by atoms with Crippen LogP contribution in [-0.2, 0) is 16.6 Å². The summed E-state index contributed by atoms with van der Waals surface area (Å²) in [5, 5.41) is 3.20. The maximum atomic E-state index is 12.6. The molecule has 0 radical (unpaired) electrons. The van der Waals surface area contributed by atoms with Gasteiger partial charge in [-0.25, -0.2) is 0 Å². The lowest BCUT2D eigenvalue weighted by atomic mass is 10.0. The Hall–Kier alpha value is -3.38. The number of rotatable bonds is 7. The summed E-state index contributed by atoms with van der Waals surface area (Å²) >= 11 is 0. The average molecular weight is 408 g/mol. The molecule has 3 N–H and O–H groups in total. The van der Waals surface area contributed by atoms with Crippen molar-refractivity contribution >= 4 is 21.4 Å². The Kier molecular flexibility index (Phi) is 6.46. The summed E-state index contributed by atoms with van der Waals surface area (Å²) in [5.74, 6) is -0.0710. The highest BCUT2D eigenvalue weighted by Gasteiger charge is 2.15. The van der Waals surface area contributed by atoms with Gasteiger partial charge in [-0.05, 0) is 30.2 Å². The molecule has 0 spiro atoms. The molecule has 0 aliphatic heterocycles. The standard InChI is InChI=1S/C23H23N3O2S.H2/c1-18-12-14-20(15-13-18)22(17-25-16-19-8-4-2-5-9-19)23(24)26-29(27,28)21-10-6-3-7-11-21;/h2-15,17,25H,16H2,1H3,(H2,24,26);1H/b22-17-;. The van der Waals surface area contributed by atoms with Gasteiger partial charge in [-0.15, -0.1) is 4.40 Å². The molecule has 0 atom stereocenters. The van der Waals surface area contributed by atoms with Gasteiger partial charge in [0.1, 0.15) is 5.84 Å². The Balaban J connectivity index is 0.00000320. The van der Waals surface area contributed by atoms with Gasteiger partial charge in [-0.2, -0.15) is 8.42 Å². The minimum absolute atomic E-state index is 0. The SMILES string of the molecule is Cc1ccc(C(=C/NCc2ccccc2)/C(N)=N\S(=O)(=O)c2ccccc2)cc1.[HH]. The number of aryl methyl sites for hydroxylation is 1. The zero-order valence-electron chi connectivity index (χ0n) is 16.1. The molecule has 0 bridgehead atoms. The average Bonchev–Trinajstić information content (AvgIpc) is 2.73. The largest absolute Gasteiger partial charge is 0.386 e. The molecule has 0 unspecified atom stereocenters. The van der Waals surface area contributed by atoms with Crippen molar-refractivity contribution in [3.63, 3.8) is 0 Å². The second kappa shape index (κ2) is 9.21. The zero-order valence-corrected chi connectivity index (χ0v) is 16.9. The van der Waals surface area contributed by atoms with Gasteiger partial charge in [0.2, 0.25) is 0 Å².